The van der Waals surface area contributed by atoms with Crippen molar-refractivity contribution in [2.75, 3.05) is 132 Å². The fourth-order valence-corrected chi connectivity index (χ4v) is 2.90. The maximum Gasteiger partial charge on any atom is 0.139 e. The van der Waals surface area contributed by atoms with E-state index < -0.39 is 63.1 Å². The van der Waals surface area contributed by atoms with Crippen LogP contribution in [0.3, 0.4) is 0 Å². The molecule has 0 unspecified atom stereocenters. The number of rotatable bonds is 36. The normalized spacial score (nSPS) is 12.4. The molecule has 19 heteroatoms. The van der Waals surface area contributed by atoms with Gasteiger partial charge in [0.1, 0.15) is 49.8 Å². The number of aliphatic hydroxyl groups excluding tert-OH is 8. The van der Waals surface area contributed by atoms with E-state index in [2.05, 4.69) is 0 Å². The first-order valence-corrected chi connectivity index (χ1v) is 14.6. The molecular weight excluding hydrogens is 616 g/mol. The van der Waals surface area contributed by atoms with Gasteiger partial charge in [0.05, 0.1) is 119 Å². The summed E-state index contributed by atoms with van der Waals surface area (Å²) < 4.78 is 38.6. The first kappa shape index (κ1) is 44.2. The van der Waals surface area contributed by atoms with E-state index in [1.807, 2.05) is 0 Å². The second-order valence-corrected chi connectivity index (χ2v) is 9.20. The Hall–Kier alpha value is -0.760. The highest BCUT2D eigenvalue weighted by Crippen LogP contribution is 2.02. The maximum absolute atomic E-state index is 9.06. The van der Waals surface area contributed by atoms with Gasteiger partial charge >= 0.3 is 0 Å². The van der Waals surface area contributed by atoms with E-state index in [-0.39, 0.29) is 106 Å². The maximum atomic E-state index is 9.06. The van der Waals surface area contributed by atoms with Crippen LogP contribution in [0, 0.1) is 0 Å². The van der Waals surface area contributed by atoms with E-state index in [1.165, 1.54) is 0 Å². The fourth-order valence-electron chi connectivity index (χ4n) is 2.90. The summed E-state index contributed by atoms with van der Waals surface area (Å²) in [6.45, 7) is -1.77. The van der Waals surface area contributed by atoms with Crippen molar-refractivity contribution in [3.63, 3.8) is 0 Å². The molecule has 0 amide bonds. The van der Waals surface area contributed by atoms with Crippen LogP contribution >= 0.6 is 0 Å². The van der Waals surface area contributed by atoms with Crippen molar-refractivity contribution in [3.8, 4) is 0 Å². The van der Waals surface area contributed by atoms with E-state index in [1.54, 1.807) is 0 Å². The minimum atomic E-state index is -0.935. The van der Waals surface area contributed by atoms with Crippen molar-refractivity contribution >= 4 is 0 Å². The number of ether oxygens (including phenoxy) is 7. The molecule has 0 radical (unpaired) electrons. The zero-order valence-corrected chi connectivity index (χ0v) is 25.7. The van der Waals surface area contributed by atoms with Gasteiger partial charge in [0.15, 0.2) is 0 Å². The molecule has 0 atom stereocenters. The van der Waals surface area contributed by atoms with Gasteiger partial charge < -0.3 is 74.0 Å². The van der Waals surface area contributed by atoms with E-state index in [0.29, 0.717) is 0 Å². The van der Waals surface area contributed by atoms with Gasteiger partial charge in [-0.15, -0.1) is 0 Å². The monoisotopic (exact) mass is 670 g/mol. The van der Waals surface area contributed by atoms with Gasteiger partial charge in [-0.2, -0.15) is 0 Å². The highest BCUT2D eigenvalue weighted by molar-refractivity contribution is 4.58. The van der Waals surface area contributed by atoms with Gasteiger partial charge in [-0.05, 0) is 0 Å². The van der Waals surface area contributed by atoms with Gasteiger partial charge in [-0.25, -0.2) is 19.6 Å². The minimum Gasteiger partial charge on any atom is -0.394 e. The van der Waals surface area contributed by atoms with Crippen molar-refractivity contribution in [2.24, 2.45) is 0 Å². The van der Waals surface area contributed by atoms with Crippen LogP contribution in [0.2, 0.25) is 0 Å². The number of hydrogen-bond donors (Lipinski definition) is 8. The Balaban J connectivity index is 4.49. The Kier molecular flexibility index (Phi) is 32.6. The predicted octanol–water partition coefficient (Wildman–Crippen LogP) is -4.85. The van der Waals surface area contributed by atoms with Crippen LogP contribution in [0.5, 0.6) is 0 Å². The largest absolute Gasteiger partial charge is 0.394 e. The first-order valence-electron chi connectivity index (χ1n) is 14.6. The second kappa shape index (κ2) is 33.2. The Morgan fingerprint density at radius 2 is 0.578 bits per heavy atom. The molecule has 0 bridgehead atoms. The molecule has 0 spiro atoms. The summed E-state index contributed by atoms with van der Waals surface area (Å²) in [6.07, 6.45) is -4.45. The van der Waals surface area contributed by atoms with Crippen molar-refractivity contribution in [3.05, 3.63) is 0 Å². The molecule has 0 aliphatic rings. The molecule has 8 N–H and O–H groups in total. The van der Waals surface area contributed by atoms with Gasteiger partial charge in [0.25, 0.3) is 0 Å². The third-order valence-corrected chi connectivity index (χ3v) is 5.48. The summed E-state index contributed by atoms with van der Waals surface area (Å²) in [5, 5.41) is 72.4. The van der Waals surface area contributed by atoms with Crippen LogP contribution in [-0.4, -0.2) is 210 Å². The third-order valence-electron chi connectivity index (χ3n) is 5.48. The summed E-state index contributed by atoms with van der Waals surface area (Å²) in [6, 6.07) is 0. The Morgan fingerprint density at radius 3 is 0.911 bits per heavy atom. The topological polar surface area (TPSA) is 263 Å². The Bertz CT molecular complexity index is 538. The molecule has 45 heavy (non-hydrogen) atoms. The van der Waals surface area contributed by atoms with E-state index in [0.717, 1.165) is 0 Å². The molecule has 19 nitrogen and oxygen atoms in total. The molecule has 0 aromatic rings. The minimum absolute atomic E-state index is 0.102. The Labute approximate surface area is 262 Å². The van der Waals surface area contributed by atoms with Gasteiger partial charge in [-0.3, -0.25) is 0 Å². The third kappa shape index (κ3) is 25.9. The zero-order valence-electron chi connectivity index (χ0n) is 25.7. The molecular formula is C26H54O19. The molecule has 0 aromatic heterocycles. The lowest BCUT2D eigenvalue weighted by Crippen LogP contribution is -2.32. The van der Waals surface area contributed by atoms with Crippen molar-refractivity contribution in [2.45, 2.75) is 36.6 Å². The van der Waals surface area contributed by atoms with Crippen LogP contribution in [0.1, 0.15) is 0 Å². The fraction of sp³-hybridized carbons (Fsp3) is 1.00. The van der Waals surface area contributed by atoms with Gasteiger partial charge in [0.2, 0.25) is 0 Å². The van der Waals surface area contributed by atoms with Crippen LogP contribution in [0.15, 0.2) is 0 Å². The van der Waals surface area contributed by atoms with Crippen molar-refractivity contribution in [1.82, 2.24) is 0 Å². The summed E-state index contributed by atoms with van der Waals surface area (Å²) in [4.78, 5) is 19.7. The standard InChI is InChI=1S/C26H54O19/c27-9-21(10-28)38-7-3-36-17-25(18-37-4-8-39-22(11-29)12-30)40-5-1-35-2-6-41-26(19-42-44-23(13-31)14-32)20-43-45-24(15-33)16-34/h21-34H,1-20H2. The van der Waals surface area contributed by atoms with Gasteiger partial charge in [0, 0.05) is 0 Å². The van der Waals surface area contributed by atoms with Crippen LogP contribution < -0.4 is 0 Å². The molecule has 0 rings (SSSR count). The molecule has 0 aliphatic carbocycles. The van der Waals surface area contributed by atoms with Crippen LogP contribution in [0.25, 0.3) is 0 Å². The van der Waals surface area contributed by atoms with Crippen LogP contribution in [0.4, 0.5) is 0 Å². The molecule has 0 saturated carbocycles. The summed E-state index contributed by atoms with van der Waals surface area (Å²) in [7, 11) is 0. The van der Waals surface area contributed by atoms with Crippen LogP contribution in [-0.2, 0) is 52.7 Å². The quantitative estimate of drug-likeness (QED) is 0.0176. The molecule has 0 saturated heterocycles. The summed E-state index contributed by atoms with van der Waals surface area (Å²) in [5.41, 5.74) is 0. The molecule has 0 aliphatic heterocycles. The highest BCUT2D eigenvalue weighted by Gasteiger charge is 2.16. The number of aliphatic hydroxyl groups is 8. The lowest BCUT2D eigenvalue weighted by molar-refractivity contribution is -0.367. The first-order chi connectivity index (χ1) is 22.0. The zero-order chi connectivity index (χ0) is 33.4. The average Bonchev–Trinajstić information content (AvgIpc) is 3.07. The van der Waals surface area contributed by atoms with Crippen molar-refractivity contribution in [1.29, 1.82) is 0 Å². The summed E-state index contributed by atoms with van der Waals surface area (Å²) in [5.74, 6) is 0. The lowest BCUT2D eigenvalue weighted by Gasteiger charge is -2.20. The molecule has 0 fully saturated rings. The average molecular weight is 671 g/mol. The predicted molar refractivity (Wildman–Crippen MR) is 150 cm³/mol. The number of hydrogen-bond acceptors (Lipinski definition) is 19. The van der Waals surface area contributed by atoms with Gasteiger partial charge in [-0.1, -0.05) is 0 Å². The summed E-state index contributed by atoms with van der Waals surface area (Å²) >= 11 is 0. The highest BCUT2D eigenvalue weighted by atomic mass is 17.2. The smallest absolute Gasteiger partial charge is 0.139 e. The van der Waals surface area contributed by atoms with E-state index in [4.69, 9.17) is 93.6 Å². The SMILES string of the molecule is OCC(CO)OCCOCC(COCCOC(CO)CO)OCCOCCOC(COOC(CO)CO)COOC(CO)CO. The Morgan fingerprint density at radius 1 is 0.289 bits per heavy atom. The van der Waals surface area contributed by atoms with E-state index in [9.17, 15) is 0 Å². The molecule has 0 aromatic carbocycles. The molecule has 0 heterocycles. The lowest BCUT2D eigenvalue weighted by atomic mass is 10.4. The second-order valence-electron chi connectivity index (χ2n) is 9.20. The molecule has 272 valence electrons. The van der Waals surface area contributed by atoms with Crippen molar-refractivity contribution < 1.29 is 93.6 Å². The van der Waals surface area contributed by atoms with E-state index >= 15 is 0 Å².